The first-order valence-electron chi connectivity index (χ1n) is 10.4. The van der Waals surface area contributed by atoms with Gasteiger partial charge in [-0.3, -0.25) is 14.7 Å². The van der Waals surface area contributed by atoms with E-state index in [2.05, 4.69) is 21.3 Å². The highest BCUT2D eigenvalue weighted by atomic mass is 16.1. The van der Waals surface area contributed by atoms with Gasteiger partial charge in [-0.2, -0.15) is 0 Å². The van der Waals surface area contributed by atoms with Crippen molar-refractivity contribution in [2.75, 3.05) is 13.1 Å². The third-order valence-corrected chi connectivity index (χ3v) is 6.85. The highest BCUT2D eigenvalue weighted by Crippen LogP contribution is 2.42. The van der Waals surface area contributed by atoms with Gasteiger partial charge in [-0.1, -0.05) is 12.5 Å². The fourth-order valence-corrected chi connectivity index (χ4v) is 5.31. The van der Waals surface area contributed by atoms with Crippen LogP contribution >= 0.6 is 0 Å². The van der Waals surface area contributed by atoms with Crippen LogP contribution in [0.2, 0.25) is 0 Å². The van der Waals surface area contributed by atoms with Crippen LogP contribution in [0.4, 0.5) is 0 Å². The van der Waals surface area contributed by atoms with Crippen LogP contribution in [-0.2, 0) is 11.3 Å². The maximum atomic E-state index is 12.8. The molecule has 0 radical (unpaired) electrons. The summed E-state index contributed by atoms with van der Waals surface area (Å²) in [5.41, 5.74) is 7.63. The quantitative estimate of drug-likeness (QED) is 0.868. The van der Waals surface area contributed by atoms with E-state index in [9.17, 15) is 4.79 Å². The summed E-state index contributed by atoms with van der Waals surface area (Å²) in [6, 6.07) is 4.80. The van der Waals surface area contributed by atoms with Crippen LogP contribution in [0.3, 0.4) is 0 Å². The summed E-state index contributed by atoms with van der Waals surface area (Å²) in [5, 5.41) is 3.36. The topological polar surface area (TPSA) is 71.2 Å². The Labute approximate surface area is 156 Å². The van der Waals surface area contributed by atoms with E-state index in [1.807, 2.05) is 18.5 Å². The van der Waals surface area contributed by atoms with Gasteiger partial charge in [0, 0.05) is 50.0 Å². The van der Waals surface area contributed by atoms with Crippen LogP contribution < -0.4 is 11.1 Å². The summed E-state index contributed by atoms with van der Waals surface area (Å²) in [7, 11) is 0. The van der Waals surface area contributed by atoms with Gasteiger partial charge in [0.25, 0.3) is 0 Å². The van der Waals surface area contributed by atoms with Gasteiger partial charge in [-0.05, 0) is 62.0 Å². The van der Waals surface area contributed by atoms with Crippen molar-refractivity contribution < 1.29 is 4.79 Å². The zero-order chi connectivity index (χ0) is 17.9. The number of aromatic nitrogens is 1. The van der Waals surface area contributed by atoms with E-state index in [1.165, 1.54) is 24.8 Å². The number of pyridine rings is 1. The zero-order valence-electron chi connectivity index (χ0n) is 15.6. The molecule has 1 saturated heterocycles. The average molecular weight is 357 g/mol. The van der Waals surface area contributed by atoms with E-state index in [0.29, 0.717) is 29.8 Å². The van der Waals surface area contributed by atoms with Crippen molar-refractivity contribution in [2.24, 2.45) is 23.5 Å². The number of nitrogens with zero attached hydrogens (tertiary/aromatic N) is 2. The molecule has 0 aromatic carbocycles. The van der Waals surface area contributed by atoms with Crippen LogP contribution in [0.15, 0.2) is 24.5 Å². The van der Waals surface area contributed by atoms with Gasteiger partial charge in [-0.15, -0.1) is 0 Å². The van der Waals surface area contributed by atoms with Crippen molar-refractivity contribution in [3.05, 3.63) is 30.1 Å². The van der Waals surface area contributed by atoms with E-state index in [1.54, 1.807) is 0 Å². The molecule has 5 nitrogen and oxygen atoms in total. The molecule has 3 N–H and O–H groups in total. The number of fused-ring (bicyclic) bond motifs is 2. The van der Waals surface area contributed by atoms with E-state index in [4.69, 9.17) is 5.73 Å². The predicted molar refractivity (Wildman–Crippen MR) is 102 cm³/mol. The smallest absolute Gasteiger partial charge is 0.223 e. The lowest BCUT2D eigenvalue weighted by molar-refractivity contribution is -0.129. The molecule has 1 amide bonds. The number of carbonyl (C=O) groups excluding carboxylic acids is 1. The fraction of sp³-hybridized carbons (Fsp3) is 0.714. The van der Waals surface area contributed by atoms with Crippen molar-refractivity contribution in [1.82, 2.24) is 15.2 Å². The minimum Gasteiger partial charge on any atom is -0.353 e. The highest BCUT2D eigenvalue weighted by molar-refractivity contribution is 5.79. The predicted octanol–water partition coefficient (Wildman–Crippen LogP) is 2.32. The average Bonchev–Trinajstić information content (AvgIpc) is 2.64. The van der Waals surface area contributed by atoms with Crippen molar-refractivity contribution in [2.45, 2.75) is 63.6 Å². The molecule has 1 aromatic heterocycles. The van der Waals surface area contributed by atoms with Crippen molar-refractivity contribution in [3.63, 3.8) is 0 Å². The van der Waals surface area contributed by atoms with Gasteiger partial charge in [0.1, 0.15) is 0 Å². The molecule has 142 valence electrons. The SMILES string of the molecule is NC1C2CCCC1CC(C(=O)NC1CCN(Cc3cccnc3)CC1)C2. The highest BCUT2D eigenvalue weighted by Gasteiger charge is 2.40. The number of rotatable bonds is 4. The molecule has 2 aliphatic carbocycles. The normalized spacial score (nSPS) is 33.0. The molecule has 0 spiro atoms. The molecule has 3 aliphatic rings. The Bertz CT molecular complexity index is 585. The lowest BCUT2D eigenvalue weighted by atomic mass is 9.65. The molecule has 2 unspecified atom stereocenters. The standard InChI is InChI=1S/C21H32N4O/c22-20-16-4-1-5-17(20)12-18(11-16)21(26)24-19-6-9-25(10-7-19)14-15-3-2-8-23-13-15/h2-3,8,13,16-20H,1,4-7,9-12,14,22H2,(H,24,26). The number of carbonyl (C=O) groups is 1. The van der Waals surface area contributed by atoms with Crippen LogP contribution in [0, 0.1) is 17.8 Å². The summed E-state index contributed by atoms with van der Waals surface area (Å²) in [5.74, 6) is 1.62. The van der Waals surface area contributed by atoms with Gasteiger partial charge >= 0.3 is 0 Å². The Hall–Kier alpha value is -1.46. The lowest BCUT2D eigenvalue weighted by Crippen LogP contribution is -2.51. The summed E-state index contributed by atoms with van der Waals surface area (Å²) in [6.07, 6.45) is 11.6. The number of amides is 1. The van der Waals surface area contributed by atoms with Crippen LogP contribution in [-0.4, -0.2) is 41.0 Å². The van der Waals surface area contributed by atoms with Crippen molar-refractivity contribution in [1.29, 1.82) is 0 Å². The molecular weight excluding hydrogens is 324 g/mol. The zero-order valence-corrected chi connectivity index (χ0v) is 15.6. The monoisotopic (exact) mass is 356 g/mol. The van der Waals surface area contributed by atoms with Gasteiger partial charge < -0.3 is 11.1 Å². The summed E-state index contributed by atoms with van der Waals surface area (Å²) in [4.78, 5) is 19.5. The molecule has 5 heteroatoms. The number of likely N-dealkylation sites (tertiary alicyclic amines) is 1. The largest absolute Gasteiger partial charge is 0.353 e. The number of nitrogens with one attached hydrogen (secondary N) is 1. The first-order chi connectivity index (χ1) is 12.7. The second-order valence-corrected chi connectivity index (χ2v) is 8.62. The summed E-state index contributed by atoms with van der Waals surface area (Å²) < 4.78 is 0. The van der Waals surface area contributed by atoms with Gasteiger partial charge in [0.2, 0.25) is 5.91 Å². The molecule has 3 fully saturated rings. The van der Waals surface area contributed by atoms with Crippen LogP contribution in [0.25, 0.3) is 0 Å². The molecule has 26 heavy (non-hydrogen) atoms. The van der Waals surface area contributed by atoms with E-state index >= 15 is 0 Å². The molecule has 2 saturated carbocycles. The second kappa shape index (κ2) is 8.05. The number of hydrogen-bond donors (Lipinski definition) is 2. The van der Waals surface area contributed by atoms with Crippen molar-refractivity contribution in [3.8, 4) is 0 Å². The third-order valence-electron chi connectivity index (χ3n) is 6.85. The number of piperidine rings is 1. The minimum absolute atomic E-state index is 0.193. The Morgan fingerprint density at radius 2 is 1.92 bits per heavy atom. The Kier molecular flexibility index (Phi) is 5.55. The Morgan fingerprint density at radius 3 is 2.58 bits per heavy atom. The van der Waals surface area contributed by atoms with Crippen molar-refractivity contribution >= 4 is 5.91 Å². The molecule has 1 aromatic rings. The Balaban J connectivity index is 1.23. The van der Waals surface area contributed by atoms with Gasteiger partial charge in [0.15, 0.2) is 0 Å². The van der Waals surface area contributed by atoms with Crippen LogP contribution in [0.1, 0.15) is 50.5 Å². The number of nitrogens with two attached hydrogens (primary N) is 1. The first-order valence-corrected chi connectivity index (χ1v) is 10.4. The molecular formula is C21H32N4O. The lowest BCUT2D eigenvalue weighted by Gasteiger charge is -2.44. The van der Waals surface area contributed by atoms with Gasteiger partial charge in [-0.25, -0.2) is 0 Å². The second-order valence-electron chi connectivity index (χ2n) is 8.62. The van der Waals surface area contributed by atoms with E-state index in [0.717, 1.165) is 45.3 Å². The fourth-order valence-electron chi connectivity index (χ4n) is 5.31. The molecule has 2 bridgehead atoms. The third kappa shape index (κ3) is 4.09. The molecule has 1 aliphatic heterocycles. The Morgan fingerprint density at radius 1 is 1.19 bits per heavy atom. The van der Waals surface area contributed by atoms with E-state index < -0.39 is 0 Å². The first kappa shape index (κ1) is 17.9. The maximum Gasteiger partial charge on any atom is 0.223 e. The molecule has 4 rings (SSSR count). The number of hydrogen-bond acceptors (Lipinski definition) is 4. The molecule has 2 heterocycles. The van der Waals surface area contributed by atoms with E-state index in [-0.39, 0.29) is 5.92 Å². The minimum atomic E-state index is 0.193. The molecule has 2 atom stereocenters. The summed E-state index contributed by atoms with van der Waals surface area (Å²) >= 11 is 0. The van der Waals surface area contributed by atoms with Crippen LogP contribution in [0.5, 0.6) is 0 Å². The maximum absolute atomic E-state index is 12.8. The van der Waals surface area contributed by atoms with Gasteiger partial charge in [0.05, 0.1) is 0 Å². The summed E-state index contributed by atoms with van der Waals surface area (Å²) in [6.45, 7) is 3.04.